The highest BCUT2D eigenvalue weighted by Crippen LogP contribution is 1.84. The summed E-state index contributed by atoms with van der Waals surface area (Å²) in [6, 6.07) is -0.201. The number of hydrazine groups is 1. The highest BCUT2D eigenvalue weighted by molar-refractivity contribution is 5.81. The number of carbonyl (C=O) groups excluding carboxylic acids is 1. The third-order valence-electron chi connectivity index (χ3n) is 1.67. The maximum absolute atomic E-state index is 11.4. The molecule has 1 unspecified atom stereocenters. The molecule has 1 atom stereocenters. The smallest absolute Gasteiger partial charge is 0.238 e. The number of hydrogen-bond acceptors (Lipinski definition) is 4. The van der Waals surface area contributed by atoms with Gasteiger partial charge in [0, 0.05) is 34.4 Å². The fourth-order valence-electron chi connectivity index (χ4n) is 1.03. The van der Waals surface area contributed by atoms with Gasteiger partial charge in [-0.2, -0.15) is 0 Å². The minimum atomic E-state index is -0.201. The Bertz CT molecular complexity index is 162. The van der Waals surface area contributed by atoms with Crippen molar-refractivity contribution in [3.8, 4) is 0 Å². The molecule has 84 valence electrons. The fourth-order valence-corrected chi connectivity index (χ4v) is 1.03. The van der Waals surface area contributed by atoms with Gasteiger partial charge in [0.15, 0.2) is 0 Å². The normalized spacial score (nSPS) is 12.9. The lowest BCUT2D eigenvalue weighted by atomic mass is 10.3. The van der Waals surface area contributed by atoms with Crippen molar-refractivity contribution in [3.63, 3.8) is 0 Å². The second kappa shape index (κ2) is 7.73. The predicted octanol–water partition coefficient (Wildman–Crippen LogP) is -0.406. The first kappa shape index (κ1) is 13.4. The fraction of sp³-hybridized carbons (Fsp3) is 0.889. The Morgan fingerprint density at radius 1 is 1.50 bits per heavy atom. The van der Waals surface area contributed by atoms with Crippen LogP contribution in [-0.2, 0) is 9.53 Å². The van der Waals surface area contributed by atoms with Crippen LogP contribution in [0.25, 0.3) is 0 Å². The summed E-state index contributed by atoms with van der Waals surface area (Å²) in [7, 11) is 5.36. The van der Waals surface area contributed by atoms with Crippen molar-refractivity contribution in [1.29, 1.82) is 0 Å². The Labute approximate surface area is 85.8 Å². The average Bonchev–Trinajstić information content (AvgIpc) is 2.11. The topological polar surface area (TPSA) is 53.6 Å². The molecule has 0 aliphatic rings. The Kier molecular flexibility index (Phi) is 7.37. The largest absolute Gasteiger partial charge is 0.385 e. The summed E-state index contributed by atoms with van der Waals surface area (Å²) in [5, 5.41) is 4.58. The van der Waals surface area contributed by atoms with E-state index in [0.717, 1.165) is 6.42 Å². The number of rotatable bonds is 7. The van der Waals surface area contributed by atoms with Gasteiger partial charge in [-0.15, -0.1) is 0 Å². The molecule has 0 saturated carbocycles. The highest BCUT2D eigenvalue weighted by atomic mass is 16.5. The summed E-state index contributed by atoms with van der Waals surface area (Å²) in [6.07, 6.45) is 0.844. The van der Waals surface area contributed by atoms with Crippen molar-refractivity contribution >= 4 is 5.91 Å². The van der Waals surface area contributed by atoms with Crippen LogP contribution in [0.1, 0.15) is 13.3 Å². The Morgan fingerprint density at radius 3 is 2.64 bits per heavy atom. The zero-order chi connectivity index (χ0) is 11.0. The lowest BCUT2D eigenvalue weighted by molar-refractivity contribution is -0.123. The summed E-state index contributed by atoms with van der Waals surface area (Å²) >= 11 is 0. The molecule has 0 fully saturated rings. The van der Waals surface area contributed by atoms with Gasteiger partial charge in [0.2, 0.25) is 5.91 Å². The van der Waals surface area contributed by atoms with E-state index in [4.69, 9.17) is 4.74 Å². The van der Waals surface area contributed by atoms with Gasteiger partial charge in [-0.25, -0.2) is 10.4 Å². The van der Waals surface area contributed by atoms with E-state index in [9.17, 15) is 4.79 Å². The molecule has 5 heteroatoms. The summed E-state index contributed by atoms with van der Waals surface area (Å²) in [5.74, 6) is 0.00908. The van der Waals surface area contributed by atoms with Crippen molar-refractivity contribution in [1.82, 2.24) is 15.8 Å². The molecule has 0 saturated heterocycles. The molecule has 2 N–H and O–H groups in total. The second-order valence-corrected chi connectivity index (χ2v) is 3.38. The number of ether oxygens (including phenoxy) is 1. The summed E-state index contributed by atoms with van der Waals surface area (Å²) in [5.41, 5.74) is 2.97. The molecule has 0 radical (unpaired) electrons. The quantitative estimate of drug-likeness (QED) is 0.436. The zero-order valence-electron chi connectivity index (χ0n) is 9.46. The summed E-state index contributed by atoms with van der Waals surface area (Å²) in [4.78, 5) is 11.4. The van der Waals surface area contributed by atoms with E-state index in [1.807, 2.05) is 21.0 Å². The molecule has 0 aromatic carbocycles. The molecule has 0 bridgehead atoms. The molecule has 0 heterocycles. The van der Waals surface area contributed by atoms with Gasteiger partial charge in [0.1, 0.15) is 0 Å². The molecule has 0 aliphatic heterocycles. The molecule has 0 rings (SSSR count). The number of amides is 1. The van der Waals surface area contributed by atoms with E-state index in [0.29, 0.717) is 13.2 Å². The van der Waals surface area contributed by atoms with Gasteiger partial charge in [0.05, 0.1) is 6.04 Å². The van der Waals surface area contributed by atoms with Crippen LogP contribution >= 0.6 is 0 Å². The number of carbonyl (C=O) groups is 1. The Balaban J connectivity index is 3.52. The van der Waals surface area contributed by atoms with Crippen LogP contribution in [0.5, 0.6) is 0 Å². The van der Waals surface area contributed by atoms with Crippen molar-refractivity contribution in [2.24, 2.45) is 0 Å². The molecular weight excluding hydrogens is 182 g/mol. The van der Waals surface area contributed by atoms with Crippen LogP contribution < -0.4 is 10.7 Å². The number of methoxy groups -OCH3 is 1. The van der Waals surface area contributed by atoms with E-state index in [1.165, 1.54) is 0 Å². The summed E-state index contributed by atoms with van der Waals surface area (Å²) < 4.78 is 4.87. The van der Waals surface area contributed by atoms with Gasteiger partial charge in [-0.05, 0) is 13.3 Å². The molecule has 0 spiro atoms. The second-order valence-electron chi connectivity index (χ2n) is 3.38. The van der Waals surface area contributed by atoms with E-state index in [2.05, 4.69) is 10.7 Å². The predicted molar refractivity (Wildman–Crippen MR) is 55.8 cm³/mol. The maximum Gasteiger partial charge on any atom is 0.238 e. The van der Waals surface area contributed by atoms with E-state index < -0.39 is 0 Å². The van der Waals surface area contributed by atoms with Crippen LogP contribution in [0, 0.1) is 0 Å². The van der Waals surface area contributed by atoms with Crippen molar-refractivity contribution in [3.05, 3.63) is 0 Å². The number of nitrogens with one attached hydrogen (secondary N) is 2. The molecule has 5 nitrogen and oxygen atoms in total. The van der Waals surface area contributed by atoms with Crippen molar-refractivity contribution in [2.45, 2.75) is 19.4 Å². The number of nitrogens with zero attached hydrogens (tertiary/aromatic N) is 1. The first-order valence-corrected chi connectivity index (χ1v) is 4.78. The monoisotopic (exact) mass is 203 g/mol. The van der Waals surface area contributed by atoms with Gasteiger partial charge >= 0.3 is 0 Å². The van der Waals surface area contributed by atoms with Gasteiger partial charge in [-0.1, -0.05) is 0 Å². The minimum absolute atomic E-state index is 0.00908. The Morgan fingerprint density at radius 2 is 2.14 bits per heavy atom. The maximum atomic E-state index is 11.4. The van der Waals surface area contributed by atoms with Gasteiger partial charge in [0.25, 0.3) is 0 Å². The van der Waals surface area contributed by atoms with Crippen LogP contribution in [0.2, 0.25) is 0 Å². The van der Waals surface area contributed by atoms with Crippen LogP contribution in [0.15, 0.2) is 0 Å². The van der Waals surface area contributed by atoms with E-state index in [1.54, 1.807) is 12.1 Å². The van der Waals surface area contributed by atoms with Crippen molar-refractivity contribution in [2.75, 3.05) is 34.4 Å². The molecule has 14 heavy (non-hydrogen) atoms. The third kappa shape index (κ3) is 6.82. The van der Waals surface area contributed by atoms with E-state index in [-0.39, 0.29) is 11.9 Å². The molecule has 1 amide bonds. The molecular formula is C9H21N3O2. The lowest BCUT2D eigenvalue weighted by Gasteiger charge is -2.18. The van der Waals surface area contributed by atoms with Crippen molar-refractivity contribution < 1.29 is 9.53 Å². The highest BCUT2D eigenvalue weighted by Gasteiger charge is 2.11. The summed E-state index contributed by atoms with van der Waals surface area (Å²) in [6.45, 7) is 3.16. The first-order valence-electron chi connectivity index (χ1n) is 4.78. The zero-order valence-corrected chi connectivity index (χ0v) is 9.46. The molecule has 0 aliphatic carbocycles. The molecule has 0 aromatic heterocycles. The lowest BCUT2D eigenvalue weighted by Crippen LogP contribution is -2.47. The van der Waals surface area contributed by atoms with Crippen LogP contribution in [-0.4, -0.2) is 51.3 Å². The van der Waals surface area contributed by atoms with Crippen LogP contribution in [0.3, 0.4) is 0 Å². The third-order valence-corrected chi connectivity index (χ3v) is 1.67. The minimum Gasteiger partial charge on any atom is -0.385 e. The van der Waals surface area contributed by atoms with Gasteiger partial charge < -0.3 is 10.1 Å². The number of hydrogen-bond donors (Lipinski definition) is 2. The SMILES string of the molecule is COCCCNC(=O)C(C)NN(C)C. The van der Waals surface area contributed by atoms with Crippen LogP contribution in [0.4, 0.5) is 0 Å². The van der Waals surface area contributed by atoms with Gasteiger partial charge in [-0.3, -0.25) is 4.79 Å². The Hall–Kier alpha value is -0.650. The standard InChI is InChI=1S/C9H21N3O2/c1-8(11-12(2)3)9(13)10-6-5-7-14-4/h8,11H,5-7H2,1-4H3,(H,10,13). The molecule has 0 aromatic rings. The average molecular weight is 203 g/mol. The van der Waals surface area contributed by atoms with E-state index >= 15 is 0 Å². The first-order chi connectivity index (χ1) is 6.57.